The Bertz CT molecular complexity index is 303. The molecule has 1 aliphatic heterocycles. The molecule has 1 amide bonds. The molecular formula is C12H22F2N2O2. The van der Waals surface area contributed by atoms with Crippen molar-refractivity contribution in [2.24, 2.45) is 11.7 Å². The van der Waals surface area contributed by atoms with Gasteiger partial charge in [-0.1, -0.05) is 0 Å². The average Bonchev–Trinajstić information content (AvgIpc) is 2.33. The highest BCUT2D eigenvalue weighted by atomic mass is 19.3. The van der Waals surface area contributed by atoms with Gasteiger partial charge in [-0.15, -0.1) is 0 Å². The summed E-state index contributed by atoms with van der Waals surface area (Å²) in [5, 5.41) is 0. The van der Waals surface area contributed by atoms with Gasteiger partial charge in [0.05, 0.1) is 0 Å². The molecule has 0 aromatic heterocycles. The minimum absolute atomic E-state index is 0.0123. The fraction of sp³-hybridized carbons (Fsp3) is 0.917. The number of likely N-dealkylation sites (tertiary alicyclic amines) is 1. The van der Waals surface area contributed by atoms with Gasteiger partial charge >= 0.3 is 6.09 Å². The minimum Gasteiger partial charge on any atom is -0.444 e. The molecule has 2 N–H and O–H groups in total. The summed E-state index contributed by atoms with van der Waals surface area (Å²) in [5.74, 6) is -3.66. The zero-order chi connectivity index (χ0) is 14.0. The summed E-state index contributed by atoms with van der Waals surface area (Å²) in [4.78, 5) is 13.1. The number of halogens is 2. The van der Waals surface area contributed by atoms with Gasteiger partial charge in [0, 0.05) is 32.0 Å². The second kappa shape index (κ2) is 5.38. The molecule has 1 rings (SSSR count). The van der Waals surface area contributed by atoms with E-state index in [1.807, 2.05) is 0 Å². The SMILES string of the molecule is CC(C)(C)OC(=O)N1CCC(CN)C(F)(F)CC1. The molecule has 0 aliphatic carbocycles. The van der Waals surface area contributed by atoms with Crippen molar-refractivity contribution < 1.29 is 18.3 Å². The molecule has 0 radical (unpaired) electrons. The standard InChI is InChI=1S/C12H22F2N2O2/c1-11(2,3)18-10(17)16-6-4-9(8-15)12(13,14)5-7-16/h9H,4-8,15H2,1-3H3. The lowest BCUT2D eigenvalue weighted by Crippen LogP contribution is -2.37. The second-order valence-corrected chi connectivity index (χ2v) is 5.70. The quantitative estimate of drug-likeness (QED) is 0.790. The molecular weight excluding hydrogens is 242 g/mol. The molecule has 1 atom stereocenters. The van der Waals surface area contributed by atoms with E-state index in [1.165, 1.54) is 4.90 Å². The predicted molar refractivity (Wildman–Crippen MR) is 64.5 cm³/mol. The van der Waals surface area contributed by atoms with Crippen molar-refractivity contribution in [1.29, 1.82) is 0 Å². The fourth-order valence-electron chi connectivity index (χ4n) is 1.92. The number of hydrogen-bond acceptors (Lipinski definition) is 3. The maximum atomic E-state index is 13.6. The number of rotatable bonds is 1. The highest BCUT2D eigenvalue weighted by Gasteiger charge is 2.41. The Morgan fingerprint density at radius 1 is 1.44 bits per heavy atom. The van der Waals surface area contributed by atoms with E-state index in [9.17, 15) is 13.6 Å². The first-order valence-corrected chi connectivity index (χ1v) is 6.21. The Morgan fingerprint density at radius 3 is 2.56 bits per heavy atom. The molecule has 4 nitrogen and oxygen atoms in total. The van der Waals surface area contributed by atoms with Gasteiger partial charge in [0.15, 0.2) is 0 Å². The van der Waals surface area contributed by atoms with Crippen LogP contribution in [0.5, 0.6) is 0 Å². The van der Waals surface area contributed by atoms with E-state index in [0.29, 0.717) is 0 Å². The Hall–Kier alpha value is -0.910. The Balaban J connectivity index is 2.64. The van der Waals surface area contributed by atoms with Crippen LogP contribution in [0.25, 0.3) is 0 Å². The van der Waals surface area contributed by atoms with E-state index in [-0.39, 0.29) is 32.5 Å². The molecule has 0 aromatic rings. The summed E-state index contributed by atoms with van der Waals surface area (Å²) >= 11 is 0. The van der Waals surface area contributed by atoms with Crippen LogP contribution in [0.1, 0.15) is 33.6 Å². The fourth-order valence-corrected chi connectivity index (χ4v) is 1.92. The van der Waals surface area contributed by atoms with Crippen LogP contribution in [-0.4, -0.2) is 42.2 Å². The van der Waals surface area contributed by atoms with Crippen molar-refractivity contribution in [2.45, 2.75) is 45.1 Å². The van der Waals surface area contributed by atoms with Crippen LogP contribution in [0.2, 0.25) is 0 Å². The van der Waals surface area contributed by atoms with Gasteiger partial charge in [0.1, 0.15) is 5.60 Å². The van der Waals surface area contributed by atoms with E-state index in [2.05, 4.69) is 0 Å². The lowest BCUT2D eigenvalue weighted by Gasteiger charge is -2.26. The maximum absolute atomic E-state index is 13.6. The molecule has 0 aromatic carbocycles. The molecule has 1 saturated heterocycles. The number of nitrogens with zero attached hydrogens (tertiary/aromatic N) is 1. The van der Waals surface area contributed by atoms with Gasteiger partial charge < -0.3 is 15.4 Å². The molecule has 1 unspecified atom stereocenters. The van der Waals surface area contributed by atoms with Crippen LogP contribution in [0.4, 0.5) is 13.6 Å². The number of alkyl halides is 2. The maximum Gasteiger partial charge on any atom is 0.410 e. The molecule has 106 valence electrons. The van der Waals surface area contributed by atoms with Crippen molar-refractivity contribution in [1.82, 2.24) is 4.90 Å². The Morgan fingerprint density at radius 2 is 2.06 bits per heavy atom. The monoisotopic (exact) mass is 264 g/mol. The summed E-state index contributed by atoms with van der Waals surface area (Å²) in [6.07, 6.45) is -0.674. The Labute approximate surface area is 106 Å². The molecule has 18 heavy (non-hydrogen) atoms. The third kappa shape index (κ3) is 4.08. The van der Waals surface area contributed by atoms with Crippen molar-refractivity contribution >= 4 is 6.09 Å². The number of amides is 1. The largest absolute Gasteiger partial charge is 0.444 e. The Kier molecular flexibility index (Phi) is 4.53. The van der Waals surface area contributed by atoms with E-state index in [0.717, 1.165) is 0 Å². The summed E-state index contributed by atoms with van der Waals surface area (Å²) in [6.45, 7) is 5.47. The second-order valence-electron chi connectivity index (χ2n) is 5.70. The number of nitrogens with two attached hydrogens (primary N) is 1. The minimum atomic E-state index is -2.80. The first kappa shape index (κ1) is 15.1. The summed E-state index contributed by atoms with van der Waals surface area (Å²) in [5.41, 5.74) is 4.74. The number of carbonyl (C=O) groups excluding carboxylic acids is 1. The average molecular weight is 264 g/mol. The first-order chi connectivity index (χ1) is 8.15. The highest BCUT2D eigenvalue weighted by molar-refractivity contribution is 5.68. The highest BCUT2D eigenvalue weighted by Crippen LogP contribution is 2.33. The van der Waals surface area contributed by atoms with Gasteiger partial charge in [-0.3, -0.25) is 0 Å². The third-order valence-electron chi connectivity index (χ3n) is 3.00. The van der Waals surface area contributed by atoms with Gasteiger partial charge in [-0.25, -0.2) is 13.6 Å². The van der Waals surface area contributed by atoms with E-state index >= 15 is 0 Å². The van der Waals surface area contributed by atoms with Gasteiger partial charge in [-0.2, -0.15) is 0 Å². The zero-order valence-electron chi connectivity index (χ0n) is 11.2. The van der Waals surface area contributed by atoms with Crippen molar-refractivity contribution in [3.63, 3.8) is 0 Å². The first-order valence-electron chi connectivity index (χ1n) is 6.21. The van der Waals surface area contributed by atoms with Crippen LogP contribution in [0.3, 0.4) is 0 Å². The van der Waals surface area contributed by atoms with Crippen molar-refractivity contribution in [3.8, 4) is 0 Å². The molecule has 0 bridgehead atoms. The van der Waals surface area contributed by atoms with Crippen molar-refractivity contribution in [3.05, 3.63) is 0 Å². The van der Waals surface area contributed by atoms with Crippen LogP contribution in [0, 0.1) is 5.92 Å². The number of hydrogen-bond donors (Lipinski definition) is 1. The molecule has 0 saturated carbocycles. The summed E-state index contributed by atoms with van der Waals surface area (Å²) in [6, 6.07) is 0. The summed E-state index contributed by atoms with van der Waals surface area (Å²) < 4.78 is 32.5. The summed E-state index contributed by atoms with van der Waals surface area (Å²) in [7, 11) is 0. The van der Waals surface area contributed by atoms with Gasteiger partial charge in [0.25, 0.3) is 5.92 Å². The zero-order valence-corrected chi connectivity index (χ0v) is 11.2. The molecule has 1 aliphatic rings. The lowest BCUT2D eigenvalue weighted by molar-refractivity contribution is -0.0578. The van der Waals surface area contributed by atoms with E-state index in [1.54, 1.807) is 20.8 Å². The number of carbonyl (C=O) groups is 1. The smallest absolute Gasteiger partial charge is 0.410 e. The van der Waals surface area contributed by atoms with Crippen LogP contribution in [-0.2, 0) is 4.74 Å². The third-order valence-corrected chi connectivity index (χ3v) is 3.00. The normalized spacial score (nSPS) is 24.6. The van der Waals surface area contributed by atoms with Crippen LogP contribution >= 0.6 is 0 Å². The van der Waals surface area contributed by atoms with E-state index in [4.69, 9.17) is 10.5 Å². The molecule has 6 heteroatoms. The topological polar surface area (TPSA) is 55.6 Å². The van der Waals surface area contributed by atoms with Gasteiger partial charge in [-0.05, 0) is 27.2 Å². The number of ether oxygens (including phenoxy) is 1. The molecule has 1 fully saturated rings. The van der Waals surface area contributed by atoms with Gasteiger partial charge in [0.2, 0.25) is 0 Å². The van der Waals surface area contributed by atoms with Crippen molar-refractivity contribution in [2.75, 3.05) is 19.6 Å². The van der Waals surface area contributed by atoms with E-state index < -0.39 is 23.5 Å². The lowest BCUT2D eigenvalue weighted by atomic mass is 9.97. The predicted octanol–water partition coefficient (Wildman–Crippen LogP) is 2.23. The van der Waals surface area contributed by atoms with Crippen LogP contribution in [0.15, 0.2) is 0 Å². The van der Waals surface area contributed by atoms with Crippen LogP contribution < -0.4 is 5.73 Å². The molecule has 1 heterocycles. The molecule has 0 spiro atoms.